The smallest absolute Gasteiger partial charge is 0.121 e. The van der Waals surface area contributed by atoms with E-state index in [0.29, 0.717) is 5.75 Å². The zero-order chi connectivity index (χ0) is 11.3. The minimum absolute atomic E-state index is 0.451. The lowest BCUT2D eigenvalue weighted by molar-refractivity contribution is 0.466. The van der Waals surface area contributed by atoms with Gasteiger partial charge in [0.2, 0.25) is 0 Å². The van der Waals surface area contributed by atoms with Gasteiger partial charge >= 0.3 is 0 Å². The van der Waals surface area contributed by atoms with Gasteiger partial charge in [0.05, 0.1) is 0 Å². The maximum atomic E-state index is 9.64. The average Bonchev–Trinajstić information content (AvgIpc) is 2.21. The SMILES string of the molecule is CCCCCCc1cc(C)c(O)c(C)c1. The van der Waals surface area contributed by atoms with E-state index in [1.807, 2.05) is 13.8 Å². The second kappa shape index (κ2) is 5.79. The van der Waals surface area contributed by atoms with Gasteiger partial charge in [-0.15, -0.1) is 0 Å². The Balaban J connectivity index is 2.55. The van der Waals surface area contributed by atoms with Gasteiger partial charge in [0, 0.05) is 0 Å². The summed E-state index contributed by atoms with van der Waals surface area (Å²) >= 11 is 0. The van der Waals surface area contributed by atoms with Crippen LogP contribution < -0.4 is 0 Å². The zero-order valence-electron chi connectivity index (χ0n) is 10.1. The Kier molecular flexibility index (Phi) is 4.67. The predicted octanol–water partition coefficient (Wildman–Crippen LogP) is 4.13. The molecule has 0 saturated heterocycles. The first-order valence-electron chi connectivity index (χ1n) is 5.94. The molecule has 0 aliphatic heterocycles. The second-order valence-electron chi connectivity index (χ2n) is 4.39. The van der Waals surface area contributed by atoms with Gasteiger partial charge in [0.25, 0.3) is 0 Å². The Morgan fingerprint density at radius 3 is 2.13 bits per heavy atom. The highest BCUT2D eigenvalue weighted by Gasteiger charge is 2.02. The Hall–Kier alpha value is -0.980. The summed E-state index contributed by atoms with van der Waals surface area (Å²) < 4.78 is 0. The standard InChI is InChI=1S/C14H22O/c1-4-5-6-7-8-13-9-11(2)14(15)12(3)10-13/h9-10,15H,4-8H2,1-3H3. The van der Waals surface area contributed by atoms with Crippen LogP contribution in [0.4, 0.5) is 0 Å². The van der Waals surface area contributed by atoms with Gasteiger partial charge in [0.15, 0.2) is 0 Å². The van der Waals surface area contributed by atoms with Crippen LogP contribution in [0, 0.1) is 13.8 Å². The van der Waals surface area contributed by atoms with Crippen LogP contribution in [-0.4, -0.2) is 5.11 Å². The molecule has 1 aromatic carbocycles. The molecule has 0 heterocycles. The molecule has 15 heavy (non-hydrogen) atoms. The third kappa shape index (κ3) is 3.58. The summed E-state index contributed by atoms with van der Waals surface area (Å²) in [4.78, 5) is 0. The van der Waals surface area contributed by atoms with Gasteiger partial charge in [-0.25, -0.2) is 0 Å². The van der Waals surface area contributed by atoms with Crippen molar-refractivity contribution in [2.24, 2.45) is 0 Å². The molecule has 1 nitrogen and oxygen atoms in total. The molecule has 0 aliphatic rings. The first-order chi connectivity index (χ1) is 7.15. The highest BCUT2D eigenvalue weighted by atomic mass is 16.3. The fourth-order valence-electron chi connectivity index (χ4n) is 1.95. The molecule has 0 unspecified atom stereocenters. The number of aromatic hydroxyl groups is 1. The Morgan fingerprint density at radius 2 is 1.60 bits per heavy atom. The molecular formula is C14H22O. The summed E-state index contributed by atoms with van der Waals surface area (Å²) in [6.07, 6.45) is 6.33. The van der Waals surface area contributed by atoms with Crippen molar-refractivity contribution in [1.29, 1.82) is 0 Å². The molecule has 1 heteroatoms. The second-order valence-corrected chi connectivity index (χ2v) is 4.39. The summed E-state index contributed by atoms with van der Waals surface area (Å²) in [6.45, 7) is 6.17. The molecule has 0 spiro atoms. The van der Waals surface area contributed by atoms with E-state index in [4.69, 9.17) is 0 Å². The van der Waals surface area contributed by atoms with Crippen LogP contribution in [-0.2, 0) is 6.42 Å². The Morgan fingerprint density at radius 1 is 1.00 bits per heavy atom. The zero-order valence-corrected chi connectivity index (χ0v) is 10.1. The van der Waals surface area contributed by atoms with Crippen LogP contribution in [0.1, 0.15) is 49.3 Å². The topological polar surface area (TPSA) is 20.2 Å². The van der Waals surface area contributed by atoms with Crippen molar-refractivity contribution in [1.82, 2.24) is 0 Å². The largest absolute Gasteiger partial charge is 0.507 e. The van der Waals surface area contributed by atoms with Crippen LogP contribution in [0.25, 0.3) is 0 Å². The maximum Gasteiger partial charge on any atom is 0.121 e. The molecule has 1 N–H and O–H groups in total. The van der Waals surface area contributed by atoms with Crippen LogP contribution >= 0.6 is 0 Å². The van der Waals surface area contributed by atoms with Crippen molar-refractivity contribution < 1.29 is 5.11 Å². The molecule has 0 aliphatic carbocycles. The highest BCUT2D eigenvalue weighted by molar-refractivity contribution is 5.42. The summed E-state index contributed by atoms with van der Waals surface area (Å²) in [5.41, 5.74) is 3.36. The van der Waals surface area contributed by atoms with Crippen molar-refractivity contribution in [3.63, 3.8) is 0 Å². The van der Waals surface area contributed by atoms with E-state index in [2.05, 4.69) is 19.1 Å². The fraction of sp³-hybridized carbons (Fsp3) is 0.571. The van der Waals surface area contributed by atoms with Crippen LogP contribution in [0.3, 0.4) is 0 Å². The van der Waals surface area contributed by atoms with E-state index in [1.165, 1.54) is 31.2 Å². The van der Waals surface area contributed by atoms with Crippen LogP contribution in [0.5, 0.6) is 5.75 Å². The minimum Gasteiger partial charge on any atom is -0.507 e. The molecule has 0 radical (unpaired) electrons. The van der Waals surface area contributed by atoms with Crippen LogP contribution in [0.2, 0.25) is 0 Å². The number of phenols is 1. The molecule has 0 atom stereocenters. The van der Waals surface area contributed by atoms with E-state index in [-0.39, 0.29) is 0 Å². The highest BCUT2D eigenvalue weighted by Crippen LogP contribution is 2.23. The van der Waals surface area contributed by atoms with E-state index in [1.54, 1.807) is 0 Å². The Bertz CT molecular complexity index is 292. The monoisotopic (exact) mass is 206 g/mol. The molecule has 1 aromatic rings. The molecule has 0 bridgehead atoms. The molecule has 84 valence electrons. The van der Waals surface area contributed by atoms with Gasteiger partial charge in [-0.3, -0.25) is 0 Å². The number of aryl methyl sites for hydroxylation is 3. The number of unbranched alkanes of at least 4 members (excludes halogenated alkanes) is 3. The van der Waals surface area contributed by atoms with Crippen molar-refractivity contribution in [2.75, 3.05) is 0 Å². The van der Waals surface area contributed by atoms with Crippen LogP contribution in [0.15, 0.2) is 12.1 Å². The third-order valence-corrected chi connectivity index (χ3v) is 2.87. The molecular weight excluding hydrogens is 184 g/mol. The van der Waals surface area contributed by atoms with Gasteiger partial charge in [-0.05, 0) is 43.4 Å². The van der Waals surface area contributed by atoms with Crippen molar-refractivity contribution in [3.8, 4) is 5.75 Å². The Labute approximate surface area is 93.1 Å². The first kappa shape index (κ1) is 12.1. The lowest BCUT2D eigenvalue weighted by Crippen LogP contribution is -1.90. The molecule has 0 amide bonds. The number of phenolic OH excluding ortho intramolecular Hbond substituents is 1. The maximum absolute atomic E-state index is 9.64. The molecule has 1 rings (SSSR count). The first-order valence-corrected chi connectivity index (χ1v) is 5.94. The van der Waals surface area contributed by atoms with E-state index in [0.717, 1.165) is 17.5 Å². The summed E-state index contributed by atoms with van der Waals surface area (Å²) in [5.74, 6) is 0.451. The van der Waals surface area contributed by atoms with Gasteiger partial charge < -0.3 is 5.11 Å². The van der Waals surface area contributed by atoms with Gasteiger partial charge in [0.1, 0.15) is 5.75 Å². The molecule has 0 fully saturated rings. The number of hydrogen-bond acceptors (Lipinski definition) is 1. The van der Waals surface area contributed by atoms with E-state index in [9.17, 15) is 5.11 Å². The number of hydrogen-bond donors (Lipinski definition) is 1. The summed E-state index contributed by atoms with van der Waals surface area (Å²) in [6, 6.07) is 4.21. The summed E-state index contributed by atoms with van der Waals surface area (Å²) in [7, 11) is 0. The predicted molar refractivity (Wildman–Crippen MR) is 65.4 cm³/mol. The fourth-order valence-corrected chi connectivity index (χ4v) is 1.95. The summed E-state index contributed by atoms with van der Waals surface area (Å²) in [5, 5.41) is 9.64. The quantitative estimate of drug-likeness (QED) is 0.718. The molecule has 0 saturated carbocycles. The van der Waals surface area contributed by atoms with Crippen molar-refractivity contribution >= 4 is 0 Å². The number of rotatable bonds is 5. The van der Waals surface area contributed by atoms with Gasteiger partial charge in [-0.2, -0.15) is 0 Å². The van der Waals surface area contributed by atoms with E-state index < -0.39 is 0 Å². The molecule has 0 aromatic heterocycles. The van der Waals surface area contributed by atoms with Gasteiger partial charge in [-0.1, -0.05) is 38.3 Å². The van der Waals surface area contributed by atoms with E-state index >= 15 is 0 Å². The minimum atomic E-state index is 0.451. The third-order valence-electron chi connectivity index (χ3n) is 2.87. The lowest BCUT2D eigenvalue weighted by Gasteiger charge is -2.07. The number of benzene rings is 1. The normalized spacial score (nSPS) is 10.6. The lowest BCUT2D eigenvalue weighted by atomic mass is 10.0. The van der Waals surface area contributed by atoms with Crippen molar-refractivity contribution in [2.45, 2.75) is 52.9 Å². The van der Waals surface area contributed by atoms with Crippen molar-refractivity contribution in [3.05, 3.63) is 28.8 Å². The average molecular weight is 206 g/mol.